The standard InChI is InChI=1S/C21H21ClFN9O2.C11H14ClFN2O.C10H9N7O2/c1-34-15-9-14(13(23)8-12(15)22)30-4-6-31(7-5-30)16(33)10-32-21-17(19(24)27-11-28-21)18(29-32)20-25-2-3-26-20;1-16-11-7-10(9(13)6-8(11)12)15-4-2-14-3-5-15;11-8-6-7(9-12-1-2-13-9)16-17(3-5(18)19)10(6)15-4-14-8/h2-3,8-9,11H,4-7,10H2,1H3,(H,25,26)(H2,24,27,28);6-7,14H,2-5H2,1H3;1-2,4H,3H2,(H,12,13)(H,18,19)(H2,11,14,15). The van der Waals surface area contributed by atoms with E-state index in [0.717, 1.165) is 26.2 Å². The van der Waals surface area contributed by atoms with Gasteiger partial charge in [0.1, 0.15) is 71.9 Å². The molecule has 0 unspecified atom stereocenters. The number of hydrogen-bond donors (Lipinski definition) is 6. The molecule has 2 saturated heterocycles. The first kappa shape index (κ1) is 47.6. The Morgan fingerprint density at radius 3 is 1.58 bits per heavy atom. The van der Waals surface area contributed by atoms with Crippen molar-refractivity contribution in [3.05, 3.63) is 83.4 Å². The quantitative estimate of drug-likeness (QED) is 0.114. The van der Waals surface area contributed by atoms with Crippen LogP contribution in [0.5, 0.6) is 11.5 Å². The molecule has 69 heavy (non-hydrogen) atoms. The first-order chi connectivity index (χ1) is 33.3. The number of halogens is 4. The summed E-state index contributed by atoms with van der Waals surface area (Å²) in [6.07, 6.45) is 9.08. The molecule has 1 amide bonds. The number of aromatic nitrogens is 12. The summed E-state index contributed by atoms with van der Waals surface area (Å²) in [4.78, 5) is 59.9. The first-order valence-corrected chi connectivity index (χ1v) is 21.8. The molecule has 2 aliphatic heterocycles. The Labute approximate surface area is 400 Å². The molecule has 8 aromatic rings. The van der Waals surface area contributed by atoms with Crippen LogP contribution in [0.3, 0.4) is 0 Å². The van der Waals surface area contributed by atoms with E-state index in [4.69, 9.17) is 49.2 Å². The number of methoxy groups -OCH3 is 2. The van der Waals surface area contributed by atoms with Gasteiger partial charge in [0.15, 0.2) is 22.9 Å². The number of nitrogens with two attached hydrogens (primary N) is 2. The minimum atomic E-state index is -1.02. The van der Waals surface area contributed by atoms with Gasteiger partial charge in [0.05, 0.1) is 46.4 Å². The molecule has 0 atom stereocenters. The monoisotopic (exact) mass is 988 g/mol. The van der Waals surface area contributed by atoms with Gasteiger partial charge in [0.2, 0.25) is 5.91 Å². The highest BCUT2D eigenvalue weighted by molar-refractivity contribution is 6.32. The van der Waals surface area contributed by atoms with Crippen LogP contribution in [0.4, 0.5) is 31.8 Å². The third-order valence-corrected chi connectivity index (χ3v) is 11.6. The van der Waals surface area contributed by atoms with E-state index in [1.807, 2.05) is 9.80 Å². The normalized spacial score (nSPS) is 13.7. The van der Waals surface area contributed by atoms with Gasteiger partial charge in [-0.3, -0.25) is 9.59 Å². The fourth-order valence-corrected chi connectivity index (χ4v) is 8.15. The molecule has 0 radical (unpaired) electrons. The molecule has 0 aliphatic carbocycles. The van der Waals surface area contributed by atoms with Gasteiger partial charge >= 0.3 is 5.97 Å². The van der Waals surface area contributed by atoms with E-state index in [2.05, 4.69) is 55.4 Å². The number of nitrogens with zero attached hydrogens (tertiary/aromatic N) is 13. The molecule has 23 nitrogen and oxygen atoms in total. The van der Waals surface area contributed by atoms with Gasteiger partial charge in [0, 0.05) is 89.3 Å². The summed E-state index contributed by atoms with van der Waals surface area (Å²) in [7, 11) is 3.01. The second-order valence-electron chi connectivity index (χ2n) is 15.2. The van der Waals surface area contributed by atoms with E-state index in [1.54, 1.807) is 41.8 Å². The molecule has 360 valence electrons. The number of carbonyl (C=O) groups is 2. The lowest BCUT2D eigenvalue weighted by Gasteiger charge is -2.36. The van der Waals surface area contributed by atoms with E-state index in [0.29, 0.717) is 99.2 Å². The topological polar surface area (TPSA) is 291 Å². The average Bonchev–Trinajstić information content (AvgIpc) is 4.19. The van der Waals surface area contributed by atoms with Gasteiger partial charge in [-0.25, -0.2) is 48.0 Å². The number of rotatable bonds is 10. The first-order valence-electron chi connectivity index (χ1n) is 21.0. The molecule has 10 rings (SSSR count). The minimum absolute atomic E-state index is 0.0310. The maximum absolute atomic E-state index is 14.5. The summed E-state index contributed by atoms with van der Waals surface area (Å²) < 4.78 is 41.3. The van der Waals surface area contributed by atoms with Crippen molar-refractivity contribution in [3.8, 4) is 34.5 Å². The van der Waals surface area contributed by atoms with E-state index < -0.39 is 11.8 Å². The van der Waals surface area contributed by atoms with E-state index in [1.165, 1.54) is 48.4 Å². The molecule has 8 heterocycles. The highest BCUT2D eigenvalue weighted by atomic mass is 35.5. The van der Waals surface area contributed by atoms with E-state index in [-0.39, 0.29) is 41.5 Å². The van der Waals surface area contributed by atoms with Crippen molar-refractivity contribution in [2.24, 2.45) is 0 Å². The zero-order valence-electron chi connectivity index (χ0n) is 36.9. The molecular weight excluding hydrogens is 945 g/mol. The number of aromatic amines is 2. The molecule has 0 saturated carbocycles. The summed E-state index contributed by atoms with van der Waals surface area (Å²) in [5.74, 6) is 0.491. The predicted molar refractivity (Wildman–Crippen MR) is 252 cm³/mol. The van der Waals surface area contributed by atoms with Gasteiger partial charge < -0.3 is 56.0 Å². The Hall–Kier alpha value is -7.90. The fraction of sp³-hybridized carbons (Fsp3) is 0.286. The van der Waals surface area contributed by atoms with Crippen LogP contribution in [0.25, 0.3) is 45.1 Å². The summed E-state index contributed by atoms with van der Waals surface area (Å²) in [5, 5.41) is 22.4. The lowest BCUT2D eigenvalue weighted by molar-refractivity contribution is -0.138. The molecule has 27 heteroatoms. The van der Waals surface area contributed by atoms with Crippen molar-refractivity contribution >= 4 is 80.2 Å². The Balaban J connectivity index is 0.000000154. The second-order valence-corrected chi connectivity index (χ2v) is 16.0. The van der Waals surface area contributed by atoms with Gasteiger partial charge in [-0.05, 0) is 12.1 Å². The SMILES string of the molecule is COc1cc(N2CCN(C(=O)Cn3nc(-c4ncc[nH]4)c4c(N)ncnc43)CC2)c(F)cc1Cl.COc1cc(N2CCNCC2)c(F)cc1Cl.Nc1ncnc2c1c(-c1ncc[nH]1)nn2CC(=O)O. The van der Waals surface area contributed by atoms with Crippen LogP contribution in [0, 0.1) is 11.6 Å². The van der Waals surface area contributed by atoms with Crippen molar-refractivity contribution in [2.45, 2.75) is 13.1 Å². The Kier molecular flexibility index (Phi) is 14.4. The van der Waals surface area contributed by atoms with Crippen molar-refractivity contribution in [1.82, 2.24) is 69.6 Å². The zero-order valence-corrected chi connectivity index (χ0v) is 38.4. The number of nitrogen functional groups attached to an aromatic ring is 2. The summed E-state index contributed by atoms with van der Waals surface area (Å²) in [6, 6.07) is 5.77. The Morgan fingerprint density at radius 1 is 0.681 bits per heavy atom. The van der Waals surface area contributed by atoms with Crippen molar-refractivity contribution in [2.75, 3.05) is 87.8 Å². The number of imidazole rings is 2. The number of carboxylic acids is 1. The van der Waals surface area contributed by atoms with Crippen LogP contribution >= 0.6 is 23.2 Å². The van der Waals surface area contributed by atoms with Crippen LogP contribution in [0.15, 0.2) is 61.7 Å². The summed E-state index contributed by atoms with van der Waals surface area (Å²) in [6.45, 7) is 4.73. The summed E-state index contributed by atoms with van der Waals surface area (Å²) in [5.41, 5.74) is 14.5. The predicted octanol–water partition coefficient (Wildman–Crippen LogP) is 3.73. The van der Waals surface area contributed by atoms with Crippen molar-refractivity contribution in [1.29, 1.82) is 0 Å². The van der Waals surface area contributed by atoms with Gasteiger partial charge in [-0.15, -0.1) is 0 Å². The van der Waals surface area contributed by atoms with Gasteiger partial charge in [-0.2, -0.15) is 10.2 Å². The van der Waals surface area contributed by atoms with Gasteiger partial charge in [-0.1, -0.05) is 23.2 Å². The zero-order chi connectivity index (χ0) is 48.8. The number of hydrogen-bond acceptors (Lipinski definition) is 17. The number of benzene rings is 2. The lowest BCUT2D eigenvalue weighted by atomic mass is 10.2. The summed E-state index contributed by atoms with van der Waals surface area (Å²) >= 11 is 11.8. The second kappa shape index (κ2) is 20.9. The van der Waals surface area contributed by atoms with E-state index >= 15 is 0 Å². The molecular formula is C42H44Cl2F2N18O5. The molecule has 6 aromatic heterocycles. The number of fused-ring (bicyclic) bond motifs is 2. The smallest absolute Gasteiger partial charge is 0.325 e. The largest absolute Gasteiger partial charge is 0.495 e. The molecule has 8 N–H and O–H groups in total. The molecule has 2 aliphatic rings. The number of ether oxygens (including phenoxy) is 2. The van der Waals surface area contributed by atoms with Crippen molar-refractivity contribution in [3.63, 3.8) is 0 Å². The molecule has 0 spiro atoms. The van der Waals surface area contributed by atoms with Crippen molar-refractivity contribution < 1.29 is 33.0 Å². The van der Waals surface area contributed by atoms with E-state index in [9.17, 15) is 18.4 Å². The highest BCUT2D eigenvalue weighted by Gasteiger charge is 2.27. The number of carboxylic acid groups (broad SMARTS) is 1. The van der Waals surface area contributed by atoms with Crippen LogP contribution in [-0.4, -0.2) is 148 Å². The number of aliphatic carboxylic acids is 1. The molecule has 2 aromatic carbocycles. The number of anilines is 4. The number of carbonyl (C=O) groups excluding carboxylic acids is 1. The average molecular weight is 990 g/mol. The number of nitrogens with one attached hydrogen (secondary N) is 3. The molecule has 0 bridgehead atoms. The maximum atomic E-state index is 14.5. The van der Waals surface area contributed by atoms with Gasteiger partial charge in [0.25, 0.3) is 0 Å². The highest BCUT2D eigenvalue weighted by Crippen LogP contribution is 2.35. The number of piperazine rings is 2. The molecule has 2 fully saturated rings. The number of amides is 1. The fourth-order valence-electron chi connectivity index (χ4n) is 7.70. The minimum Gasteiger partial charge on any atom is -0.495 e. The Morgan fingerprint density at radius 2 is 1.14 bits per heavy atom. The third kappa shape index (κ3) is 10.3. The number of H-pyrrole nitrogens is 2. The van der Waals surface area contributed by atoms with Crippen LogP contribution in [0.1, 0.15) is 0 Å². The lowest BCUT2D eigenvalue weighted by Crippen LogP contribution is -2.50. The third-order valence-electron chi connectivity index (χ3n) is 11.0. The van der Waals surface area contributed by atoms with Crippen LogP contribution < -0.4 is 36.1 Å². The Bertz CT molecular complexity index is 3090. The maximum Gasteiger partial charge on any atom is 0.325 e. The van der Waals surface area contributed by atoms with Crippen LogP contribution in [0.2, 0.25) is 10.0 Å². The van der Waals surface area contributed by atoms with Crippen LogP contribution in [-0.2, 0) is 22.7 Å².